The van der Waals surface area contributed by atoms with Crippen LogP contribution in [0.5, 0.6) is 10.1 Å². The molecule has 2 aromatic heterocycles. The number of thiophene rings is 2. The van der Waals surface area contributed by atoms with E-state index in [0.717, 1.165) is 43.2 Å². The topological polar surface area (TPSA) is 151 Å². The highest BCUT2D eigenvalue weighted by Crippen LogP contribution is 2.56. The molecule has 15 heteroatoms. The first-order valence-electron chi connectivity index (χ1n) is 19.8. The molecule has 0 bridgehead atoms. The van der Waals surface area contributed by atoms with Crippen LogP contribution in [0.15, 0.2) is 93.8 Å². The Morgan fingerprint density at radius 1 is 0.556 bits per heavy atom. The van der Waals surface area contributed by atoms with Gasteiger partial charge >= 0.3 is 0 Å². The van der Waals surface area contributed by atoms with Crippen LogP contribution in [-0.4, -0.2) is 86.1 Å². The summed E-state index contributed by atoms with van der Waals surface area (Å²) in [7, 11) is 3.35. The average molecular weight is 923 g/mol. The van der Waals surface area contributed by atoms with Crippen molar-refractivity contribution in [1.29, 1.82) is 21.0 Å². The summed E-state index contributed by atoms with van der Waals surface area (Å²) in [6, 6.07) is 32.8. The van der Waals surface area contributed by atoms with Gasteiger partial charge in [-0.3, -0.25) is 0 Å². The second-order valence-electron chi connectivity index (χ2n) is 14.3. The Balaban J connectivity index is 1.24. The average Bonchev–Trinajstić information content (AvgIpc) is 4.18. The Kier molecular flexibility index (Phi) is 13.1. The minimum absolute atomic E-state index is 0.00232. The Bertz CT molecular complexity index is 2610. The zero-order chi connectivity index (χ0) is 43.5. The zero-order valence-electron chi connectivity index (χ0n) is 33.7. The maximum absolute atomic E-state index is 9.84. The molecular formula is C48H34N4O6S5. The second-order valence-corrected chi connectivity index (χ2v) is 19.9. The highest BCUT2D eigenvalue weighted by atomic mass is 32.2. The molecule has 4 saturated heterocycles. The van der Waals surface area contributed by atoms with Crippen LogP contribution in [0.25, 0.3) is 32.0 Å². The van der Waals surface area contributed by atoms with E-state index in [0.29, 0.717) is 46.4 Å². The van der Waals surface area contributed by atoms with Crippen LogP contribution in [0.1, 0.15) is 11.1 Å². The van der Waals surface area contributed by atoms with Gasteiger partial charge in [-0.1, -0.05) is 107 Å². The molecule has 2 aromatic carbocycles. The van der Waals surface area contributed by atoms with E-state index in [2.05, 4.69) is 60.1 Å². The molecule has 8 unspecified atom stereocenters. The summed E-state index contributed by atoms with van der Waals surface area (Å²) in [6.45, 7) is 1.45. The lowest BCUT2D eigenvalue weighted by atomic mass is 9.91. The third-order valence-electron chi connectivity index (χ3n) is 10.8. The van der Waals surface area contributed by atoms with Crippen molar-refractivity contribution in [1.82, 2.24) is 0 Å². The summed E-state index contributed by atoms with van der Waals surface area (Å²) in [6.07, 6.45) is -2.06. The van der Waals surface area contributed by atoms with Gasteiger partial charge in [0.05, 0.1) is 61.6 Å². The molecule has 312 valence electrons. The van der Waals surface area contributed by atoms with Crippen molar-refractivity contribution < 1.29 is 28.4 Å². The van der Waals surface area contributed by atoms with Crippen molar-refractivity contribution in [3.8, 4) is 79.0 Å². The molecular weight excluding hydrogens is 889 g/mol. The minimum Gasteiger partial charge on any atom is -0.487 e. The first-order chi connectivity index (χ1) is 31.0. The Labute approximate surface area is 386 Å². The number of allylic oxidation sites excluding steroid dienone is 2. The maximum Gasteiger partial charge on any atom is 0.181 e. The van der Waals surface area contributed by atoms with Crippen LogP contribution in [0.2, 0.25) is 0 Å². The molecule has 63 heavy (non-hydrogen) atoms. The highest BCUT2D eigenvalue weighted by molar-refractivity contribution is 8.04. The number of hydrogen-bond acceptors (Lipinski definition) is 15. The van der Waals surface area contributed by atoms with Crippen LogP contribution >= 0.6 is 58.0 Å². The van der Waals surface area contributed by atoms with Crippen LogP contribution in [-0.2, 0) is 18.9 Å². The summed E-state index contributed by atoms with van der Waals surface area (Å²) in [5.41, 5.74) is 5.71. The van der Waals surface area contributed by atoms with E-state index in [1.54, 1.807) is 48.7 Å². The van der Waals surface area contributed by atoms with Crippen molar-refractivity contribution in [3.05, 3.63) is 105 Å². The van der Waals surface area contributed by atoms with Gasteiger partial charge in [-0.15, -0.1) is 35.3 Å². The predicted molar refractivity (Wildman–Crippen MR) is 248 cm³/mol. The van der Waals surface area contributed by atoms with Crippen molar-refractivity contribution in [2.75, 3.05) is 40.6 Å². The number of thioether (sulfide) groups is 3. The second kappa shape index (κ2) is 19.2. The van der Waals surface area contributed by atoms with Gasteiger partial charge in [0.15, 0.2) is 10.1 Å². The highest BCUT2D eigenvalue weighted by Gasteiger charge is 2.47. The number of methoxy groups -OCH3 is 2. The van der Waals surface area contributed by atoms with Crippen LogP contribution in [0, 0.1) is 69.0 Å². The lowest BCUT2D eigenvalue weighted by molar-refractivity contribution is -0.113. The van der Waals surface area contributed by atoms with E-state index in [-0.39, 0.29) is 11.1 Å². The van der Waals surface area contributed by atoms with Crippen LogP contribution in [0.3, 0.4) is 0 Å². The van der Waals surface area contributed by atoms with Crippen molar-refractivity contribution in [2.45, 2.75) is 45.4 Å². The molecule has 4 fully saturated rings. The summed E-state index contributed by atoms with van der Waals surface area (Å²) in [4.78, 5) is 3.12. The molecule has 0 amide bonds. The van der Waals surface area contributed by atoms with Gasteiger partial charge in [0, 0.05) is 30.7 Å². The SMILES string of the molecule is COc1sc(-c2ccccc2)cc1C1=C(c2cc(-c3ccccc3)sc2OC)C(C#CC2SC(=C(C#N)C#N)C3OCCOC23)SC1C#CC1SC(=C(C#N)C#N)C2OCCOC12. The Hall–Kier alpha value is -5.37. The molecule has 0 aliphatic carbocycles. The molecule has 0 spiro atoms. The predicted octanol–water partition coefficient (Wildman–Crippen LogP) is 8.96. The number of rotatable bonds is 6. The monoisotopic (exact) mass is 922 g/mol. The number of nitrogens with zero attached hydrogens (tertiary/aromatic N) is 4. The van der Waals surface area contributed by atoms with Gasteiger partial charge in [0.1, 0.15) is 59.8 Å². The van der Waals surface area contributed by atoms with E-state index in [1.807, 2.05) is 60.7 Å². The first kappa shape index (κ1) is 42.9. The van der Waals surface area contributed by atoms with Crippen molar-refractivity contribution in [3.63, 3.8) is 0 Å². The summed E-state index contributed by atoms with van der Waals surface area (Å²) in [5, 5.41) is 39.1. The lowest BCUT2D eigenvalue weighted by Crippen LogP contribution is -2.40. The Morgan fingerprint density at radius 3 is 1.33 bits per heavy atom. The van der Waals surface area contributed by atoms with Gasteiger partial charge in [-0.25, -0.2) is 0 Å². The fourth-order valence-corrected chi connectivity index (χ4v) is 13.9. The molecule has 0 N–H and O–H groups in total. The van der Waals surface area contributed by atoms with E-state index in [4.69, 9.17) is 28.4 Å². The van der Waals surface area contributed by atoms with E-state index < -0.39 is 45.4 Å². The fraction of sp³-hybridized carbons (Fsp3) is 0.292. The number of benzene rings is 2. The smallest absolute Gasteiger partial charge is 0.181 e. The molecule has 0 saturated carbocycles. The van der Waals surface area contributed by atoms with E-state index >= 15 is 0 Å². The largest absolute Gasteiger partial charge is 0.487 e. The molecule has 5 aliphatic rings. The summed E-state index contributed by atoms with van der Waals surface area (Å²) < 4.78 is 37.0. The molecule has 0 radical (unpaired) electrons. The standard InChI is InChI=1S/C48H34N4O6S5/c1-53-47-31(21-37(62-47)27-9-5-3-6-10-27)39-33(13-15-35-41-43(57-19-17-55-41)45(60-35)29(23-49)24-50)59-34(40(39)32-22-38(63-48(32)54-2)28-11-7-4-8-12-28)14-16-36-42-44(58-20-18-56-42)46(61-36)30(25-51)26-52/h3-12,21-22,33-36,41-44H,17-20H2,1-2H3. The Morgan fingerprint density at radius 2 is 0.952 bits per heavy atom. The van der Waals surface area contributed by atoms with Gasteiger partial charge in [0.2, 0.25) is 0 Å². The zero-order valence-corrected chi connectivity index (χ0v) is 37.7. The maximum atomic E-state index is 9.84. The number of ether oxygens (including phenoxy) is 6. The van der Waals surface area contributed by atoms with Gasteiger partial charge in [-0.05, 0) is 34.4 Å². The minimum atomic E-state index is -0.560. The third-order valence-corrected chi connectivity index (χ3v) is 17.0. The summed E-state index contributed by atoms with van der Waals surface area (Å²) >= 11 is 7.41. The molecule has 5 aliphatic heterocycles. The molecule has 10 nitrogen and oxygen atoms in total. The van der Waals surface area contributed by atoms with Crippen LogP contribution in [0.4, 0.5) is 0 Å². The number of fused-ring (bicyclic) bond motifs is 2. The van der Waals surface area contributed by atoms with Gasteiger partial charge < -0.3 is 28.4 Å². The fourth-order valence-electron chi connectivity index (χ4n) is 8.03. The normalized spacial score (nSPS) is 25.7. The van der Waals surface area contributed by atoms with E-state index in [1.165, 1.54) is 23.5 Å². The van der Waals surface area contributed by atoms with Crippen molar-refractivity contribution in [2.24, 2.45) is 0 Å². The molecule has 7 heterocycles. The number of nitriles is 4. The molecule has 8 atom stereocenters. The molecule has 4 aromatic rings. The van der Waals surface area contributed by atoms with Gasteiger partial charge in [-0.2, -0.15) is 21.0 Å². The quantitative estimate of drug-likeness (QED) is 0.134. The van der Waals surface area contributed by atoms with E-state index in [9.17, 15) is 21.0 Å². The molecule has 9 rings (SSSR count). The first-order valence-corrected chi connectivity index (χ1v) is 24.1. The lowest BCUT2D eigenvalue weighted by Gasteiger charge is -2.27. The third kappa shape index (κ3) is 8.31. The van der Waals surface area contributed by atoms with Crippen molar-refractivity contribution >= 4 is 69.1 Å². The van der Waals surface area contributed by atoms with Gasteiger partial charge in [0.25, 0.3) is 0 Å². The summed E-state index contributed by atoms with van der Waals surface area (Å²) in [5.74, 6) is 14.3. The van der Waals surface area contributed by atoms with Crippen LogP contribution < -0.4 is 9.47 Å². The number of hydrogen-bond donors (Lipinski definition) is 0.